The quantitative estimate of drug-likeness (QED) is 0.459. The zero-order valence-electron chi connectivity index (χ0n) is 20.2. The van der Waals surface area contributed by atoms with Crippen molar-refractivity contribution in [1.29, 1.82) is 0 Å². The number of amides is 2. The van der Waals surface area contributed by atoms with Crippen LogP contribution in [-0.4, -0.2) is 42.3 Å². The summed E-state index contributed by atoms with van der Waals surface area (Å²) in [4.78, 5) is 36.3. The van der Waals surface area contributed by atoms with Crippen LogP contribution < -0.4 is 10.6 Å². The van der Waals surface area contributed by atoms with E-state index in [-0.39, 0.29) is 49.3 Å². The molecule has 0 radical (unpaired) electrons. The Balaban J connectivity index is 1.28. The molecule has 7 heteroatoms. The Morgan fingerprint density at radius 3 is 2.31 bits per heavy atom. The molecule has 2 aromatic rings. The number of ether oxygens (including phenoxy) is 1. The number of hydrogen-bond acceptors (Lipinski definition) is 4. The molecule has 7 nitrogen and oxygen atoms in total. The Morgan fingerprint density at radius 2 is 1.69 bits per heavy atom. The van der Waals surface area contributed by atoms with Crippen molar-refractivity contribution in [2.75, 3.05) is 13.2 Å². The molecule has 35 heavy (non-hydrogen) atoms. The van der Waals surface area contributed by atoms with Crippen LogP contribution in [0.2, 0.25) is 0 Å². The number of carbonyl (C=O) groups is 3. The first kappa shape index (κ1) is 24.8. The molecule has 186 valence electrons. The van der Waals surface area contributed by atoms with Gasteiger partial charge in [-0.1, -0.05) is 61.9 Å². The Labute approximate surface area is 206 Å². The molecular weight excluding hydrogens is 444 g/mol. The lowest BCUT2D eigenvalue weighted by Crippen LogP contribution is -2.42. The van der Waals surface area contributed by atoms with Crippen molar-refractivity contribution < 1.29 is 24.2 Å². The molecule has 0 heterocycles. The van der Waals surface area contributed by atoms with Crippen molar-refractivity contribution in [3.05, 3.63) is 59.7 Å². The molecule has 2 amide bonds. The number of carboxylic acids is 1. The molecule has 2 aliphatic rings. The first-order valence-corrected chi connectivity index (χ1v) is 12.6. The summed E-state index contributed by atoms with van der Waals surface area (Å²) in [6.45, 7) is 2.45. The minimum Gasteiger partial charge on any atom is -0.481 e. The van der Waals surface area contributed by atoms with Crippen molar-refractivity contribution in [2.45, 2.75) is 57.4 Å². The van der Waals surface area contributed by atoms with E-state index in [9.17, 15) is 14.4 Å². The fourth-order valence-corrected chi connectivity index (χ4v) is 5.49. The minimum atomic E-state index is -0.793. The number of benzene rings is 2. The topological polar surface area (TPSA) is 105 Å². The molecule has 0 bridgehead atoms. The normalized spacial score (nSPS) is 19.5. The van der Waals surface area contributed by atoms with Crippen LogP contribution in [0.25, 0.3) is 11.1 Å². The SMILES string of the molecule is CCCC(CNC(=O)OCC1c2ccccc2-c2ccccc21)C(=O)NC1CCC(CC(=O)O)C1. The van der Waals surface area contributed by atoms with E-state index in [1.165, 1.54) is 11.1 Å². The zero-order valence-corrected chi connectivity index (χ0v) is 20.2. The van der Waals surface area contributed by atoms with Gasteiger partial charge in [0.1, 0.15) is 6.61 Å². The monoisotopic (exact) mass is 478 g/mol. The van der Waals surface area contributed by atoms with Crippen LogP contribution in [0.5, 0.6) is 0 Å². The van der Waals surface area contributed by atoms with Crippen LogP contribution in [0.15, 0.2) is 48.5 Å². The van der Waals surface area contributed by atoms with E-state index < -0.39 is 12.1 Å². The molecule has 1 fully saturated rings. The highest BCUT2D eigenvalue weighted by molar-refractivity contribution is 5.80. The van der Waals surface area contributed by atoms with E-state index in [2.05, 4.69) is 34.9 Å². The van der Waals surface area contributed by atoms with Crippen molar-refractivity contribution in [1.82, 2.24) is 10.6 Å². The third-order valence-electron chi connectivity index (χ3n) is 7.20. The van der Waals surface area contributed by atoms with Gasteiger partial charge in [0.2, 0.25) is 5.91 Å². The van der Waals surface area contributed by atoms with E-state index in [0.717, 1.165) is 30.4 Å². The molecule has 2 aliphatic carbocycles. The number of hydrogen-bond donors (Lipinski definition) is 3. The number of nitrogens with one attached hydrogen (secondary N) is 2. The molecule has 1 saturated carbocycles. The lowest BCUT2D eigenvalue weighted by molar-refractivity contribution is -0.138. The number of carboxylic acid groups (broad SMARTS) is 1. The number of rotatable bonds is 10. The molecule has 3 atom stereocenters. The smallest absolute Gasteiger partial charge is 0.407 e. The molecular formula is C28H34N2O5. The van der Waals surface area contributed by atoms with Crippen LogP contribution in [-0.2, 0) is 14.3 Å². The van der Waals surface area contributed by atoms with Gasteiger partial charge in [0, 0.05) is 24.9 Å². The van der Waals surface area contributed by atoms with Gasteiger partial charge in [-0.05, 0) is 53.9 Å². The lowest BCUT2D eigenvalue weighted by atomic mass is 9.98. The van der Waals surface area contributed by atoms with Crippen LogP contribution in [0.3, 0.4) is 0 Å². The summed E-state index contributed by atoms with van der Waals surface area (Å²) in [6, 6.07) is 16.4. The predicted molar refractivity (Wildman–Crippen MR) is 133 cm³/mol. The van der Waals surface area contributed by atoms with Gasteiger partial charge in [0.15, 0.2) is 0 Å². The average Bonchev–Trinajstić information content (AvgIpc) is 3.41. The van der Waals surface area contributed by atoms with E-state index in [4.69, 9.17) is 9.84 Å². The first-order valence-electron chi connectivity index (χ1n) is 12.6. The van der Waals surface area contributed by atoms with Crippen LogP contribution in [0.4, 0.5) is 4.79 Å². The van der Waals surface area contributed by atoms with Gasteiger partial charge in [0.05, 0.1) is 5.92 Å². The summed E-state index contributed by atoms with van der Waals surface area (Å²) >= 11 is 0. The lowest BCUT2D eigenvalue weighted by Gasteiger charge is -2.20. The molecule has 0 saturated heterocycles. The molecule has 3 unspecified atom stereocenters. The van der Waals surface area contributed by atoms with Crippen molar-refractivity contribution in [2.24, 2.45) is 11.8 Å². The third kappa shape index (κ3) is 6.02. The third-order valence-corrected chi connectivity index (χ3v) is 7.20. The van der Waals surface area contributed by atoms with Crippen molar-refractivity contribution >= 4 is 18.0 Å². The van der Waals surface area contributed by atoms with Gasteiger partial charge >= 0.3 is 12.1 Å². The van der Waals surface area contributed by atoms with E-state index in [0.29, 0.717) is 12.8 Å². The Bertz CT molecular complexity index is 1020. The second kappa shape index (κ2) is 11.4. The Kier molecular flexibility index (Phi) is 8.06. The van der Waals surface area contributed by atoms with Crippen LogP contribution >= 0.6 is 0 Å². The highest BCUT2D eigenvalue weighted by atomic mass is 16.5. The zero-order chi connectivity index (χ0) is 24.8. The molecule has 4 rings (SSSR count). The fraction of sp³-hybridized carbons (Fsp3) is 0.464. The van der Waals surface area contributed by atoms with E-state index in [1.807, 2.05) is 31.2 Å². The molecule has 3 N–H and O–H groups in total. The predicted octanol–water partition coefficient (Wildman–Crippen LogP) is 4.70. The molecule has 2 aromatic carbocycles. The Hall–Kier alpha value is -3.35. The summed E-state index contributed by atoms with van der Waals surface area (Å²) in [5.41, 5.74) is 4.66. The summed E-state index contributed by atoms with van der Waals surface area (Å²) in [5, 5.41) is 14.8. The van der Waals surface area contributed by atoms with Crippen LogP contribution in [0, 0.1) is 11.8 Å². The van der Waals surface area contributed by atoms with Crippen LogP contribution in [0.1, 0.15) is 62.5 Å². The van der Waals surface area contributed by atoms with Gasteiger partial charge in [-0.15, -0.1) is 0 Å². The standard InChI is InChI=1S/C28H34N2O5/c1-2-7-19(27(33)30-20-13-12-18(14-20)15-26(31)32)16-29-28(34)35-17-25-23-10-5-3-8-21(23)22-9-4-6-11-24(22)25/h3-6,8-11,18-20,25H,2,7,12-17H2,1H3,(H,29,34)(H,30,33)(H,31,32). The van der Waals surface area contributed by atoms with Gasteiger partial charge in [-0.2, -0.15) is 0 Å². The van der Waals surface area contributed by atoms with Crippen molar-refractivity contribution in [3.8, 4) is 11.1 Å². The highest BCUT2D eigenvalue weighted by Crippen LogP contribution is 2.44. The highest BCUT2D eigenvalue weighted by Gasteiger charge is 2.31. The summed E-state index contributed by atoms with van der Waals surface area (Å²) in [6.07, 6.45) is 3.39. The summed E-state index contributed by atoms with van der Waals surface area (Å²) in [5.74, 6) is -1.13. The summed E-state index contributed by atoms with van der Waals surface area (Å²) in [7, 11) is 0. The van der Waals surface area contributed by atoms with Gasteiger partial charge in [0.25, 0.3) is 0 Å². The van der Waals surface area contributed by atoms with Gasteiger partial charge < -0.3 is 20.5 Å². The molecule has 0 aromatic heterocycles. The Morgan fingerprint density at radius 1 is 1.03 bits per heavy atom. The molecule has 0 aliphatic heterocycles. The van der Waals surface area contributed by atoms with Gasteiger partial charge in [-0.25, -0.2) is 4.79 Å². The minimum absolute atomic E-state index is 0.000612. The number of aliphatic carboxylic acids is 1. The van der Waals surface area contributed by atoms with E-state index >= 15 is 0 Å². The summed E-state index contributed by atoms with van der Waals surface area (Å²) < 4.78 is 5.60. The fourth-order valence-electron chi connectivity index (χ4n) is 5.49. The average molecular weight is 479 g/mol. The molecule has 0 spiro atoms. The largest absolute Gasteiger partial charge is 0.481 e. The van der Waals surface area contributed by atoms with Gasteiger partial charge in [-0.3, -0.25) is 9.59 Å². The maximum absolute atomic E-state index is 12.9. The number of fused-ring (bicyclic) bond motifs is 3. The second-order valence-electron chi connectivity index (χ2n) is 9.67. The maximum atomic E-state index is 12.9. The second-order valence-corrected chi connectivity index (χ2v) is 9.67. The first-order chi connectivity index (χ1) is 17.0. The number of alkyl carbamates (subject to hydrolysis) is 1. The maximum Gasteiger partial charge on any atom is 0.407 e. The van der Waals surface area contributed by atoms with E-state index in [1.54, 1.807) is 0 Å². The number of carbonyl (C=O) groups excluding carboxylic acids is 2. The van der Waals surface area contributed by atoms with Crippen molar-refractivity contribution in [3.63, 3.8) is 0 Å².